The van der Waals surface area contributed by atoms with E-state index in [2.05, 4.69) is 0 Å². The van der Waals surface area contributed by atoms with Crippen LogP contribution >= 0.6 is 0 Å². The fraction of sp³-hybridized carbons (Fsp3) is 0.579. The first kappa shape index (κ1) is 19.2. The predicted octanol–water partition coefficient (Wildman–Crippen LogP) is 3.00. The molecule has 0 aliphatic carbocycles. The van der Waals surface area contributed by atoms with Gasteiger partial charge in [-0.25, -0.2) is 9.59 Å². The molecule has 1 unspecified atom stereocenters. The standard InChI is InChI=1S/C19H27NO5/c1-13-15(25-19(2,3)4)11-20(16(13)17(21)23-5)18(22)24-12-14-9-7-6-8-10-14/h6-10,13,15-16H,11-12H2,1-5H3/t13?,15-,16-/m0/s1. The van der Waals surface area contributed by atoms with E-state index in [-0.39, 0.29) is 24.2 Å². The minimum Gasteiger partial charge on any atom is -0.467 e. The number of likely N-dealkylation sites (tertiary alicyclic amines) is 1. The lowest BCUT2D eigenvalue weighted by Crippen LogP contribution is -2.43. The van der Waals surface area contributed by atoms with Gasteiger partial charge in [-0.3, -0.25) is 4.90 Å². The molecule has 25 heavy (non-hydrogen) atoms. The lowest BCUT2D eigenvalue weighted by Gasteiger charge is -2.27. The second-order valence-electron chi connectivity index (χ2n) is 7.29. The van der Waals surface area contributed by atoms with Crippen LogP contribution in [0.5, 0.6) is 0 Å². The van der Waals surface area contributed by atoms with Crippen LogP contribution in [0.25, 0.3) is 0 Å². The second kappa shape index (κ2) is 7.87. The highest BCUT2D eigenvalue weighted by Crippen LogP contribution is 2.31. The fourth-order valence-corrected chi connectivity index (χ4v) is 3.01. The Bertz CT molecular complexity index is 596. The van der Waals surface area contributed by atoms with E-state index < -0.39 is 18.1 Å². The monoisotopic (exact) mass is 349 g/mol. The van der Waals surface area contributed by atoms with E-state index in [9.17, 15) is 9.59 Å². The number of benzene rings is 1. The second-order valence-corrected chi connectivity index (χ2v) is 7.29. The summed E-state index contributed by atoms with van der Waals surface area (Å²) < 4.78 is 16.3. The van der Waals surface area contributed by atoms with Crippen LogP contribution in [0, 0.1) is 5.92 Å². The van der Waals surface area contributed by atoms with Crippen LogP contribution in [0.1, 0.15) is 33.3 Å². The summed E-state index contributed by atoms with van der Waals surface area (Å²) >= 11 is 0. The number of esters is 1. The van der Waals surface area contributed by atoms with Gasteiger partial charge in [-0.05, 0) is 26.3 Å². The SMILES string of the molecule is COC(=O)[C@@H]1C(C)[C@@H](OC(C)(C)C)CN1C(=O)OCc1ccccc1. The fourth-order valence-electron chi connectivity index (χ4n) is 3.01. The van der Waals surface area contributed by atoms with E-state index in [1.54, 1.807) is 0 Å². The molecular formula is C19H27NO5. The van der Waals surface area contributed by atoms with Crippen molar-refractivity contribution < 1.29 is 23.8 Å². The van der Waals surface area contributed by atoms with Crippen molar-refractivity contribution in [1.82, 2.24) is 4.90 Å². The quantitative estimate of drug-likeness (QED) is 0.782. The molecule has 1 aromatic carbocycles. The van der Waals surface area contributed by atoms with Crippen molar-refractivity contribution in [2.45, 2.75) is 52.0 Å². The van der Waals surface area contributed by atoms with Gasteiger partial charge in [0.25, 0.3) is 0 Å². The molecule has 1 heterocycles. The Kier molecular flexibility index (Phi) is 6.06. The third-order valence-corrected chi connectivity index (χ3v) is 4.18. The van der Waals surface area contributed by atoms with Gasteiger partial charge >= 0.3 is 12.1 Å². The smallest absolute Gasteiger partial charge is 0.410 e. The number of ether oxygens (including phenoxy) is 3. The summed E-state index contributed by atoms with van der Waals surface area (Å²) in [4.78, 5) is 26.2. The van der Waals surface area contributed by atoms with Crippen LogP contribution in [-0.2, 0) is 25.6 Å². The van der Waals surface area contributed by atoms with Crippen LogP contribution in [0.15, 0.2) is 30.3 Å². The average Bonchev–Trinajstić information content (AvgIpc) is 2.88. The number of methoxy groups -OCH3 is 1. The third-order valence-electron chi connectivity index (χ3n) is 4.18. The zero-order chi connectivity index (χ0) is 18.6. The number of amides is 1. The number of hydrogen-bond acceptors (Lipinski definition) is 5. The van der Waals surface area contributed by atoms with Crippen molar-refractivity contribution in [3.05, 3.63) is 35.9 Å². The molecule has 1 fully saturated rings. The molecule has 1 saturated heterocycles. The summed E-state index contributed by atoms with van der Waals surface area (Å²) in [7, 11) is 1.32. The first-order valence-electron chi connectivity index (χ1n) is 8.46. The summed E-state index contributed by atoms with van der Waals surface area (Å²) in [5.41, 5.74) is 0.518. The van der Waals surface area contributed by atoms with Gasteiger partial charge in [-0.15, -0.1) is 0 Å². The molecule has 1 aliphatic heterocycles. The number of hydrogen-bond donors (Lipinski definition) is 0. The first-order valence-corrected chi connectivity index (χ1v) is 8.46. The molecule has 2 rings (SSSR count). The largest absolute Gasteiger partial charge is 0.467 e. The highest BCUT2D eigenvalue weighted by Gasteiger charge is 2.48. The van der Waals surface area contributed by atoms with Gasteiger partial charge in [0.1, 0.15) is 12.6 Å². The molecule has 0 aromatic heterocycles. The summed E-state index contributed by atoms with van der Waals surface area (Å²) in [6, 6.07) is 8.71. The minimum absolute atomic E-state index is 0.156. The topological polar surface area (TPSA) is 65.1 Å². The van der Waals surface area contributed by atoms with Crippen molar-refractivity contribution in [3.8, 4) is 0 Å². The lowest BCUT2D eigenvalue weighted by molar-refractivity contribution is -0.147. The molecule has 1 aliphatic rings. The molecule has 1 amide bonds. The molecule has 0 saturated carbocycles. The van der Waals surface area contributed by atoms with E-state index in [0.717, 1.165) is 5.56 Å². The molecule has 0 spiro atoms. The highest BCUT2D eigenvalue weighted by atomic mass is 16.6. The van der Waals surface area contributed by atoms with Gasteiger partial charge in [0.05, 0.1) is 25.4 Å². The lowest BCUT2D eigenvalue weighted by atomic mass is 10.00. The molecule has 6 nitrogen and oxygen atoms in total. The summed E-state index contributed by atoms with van der Waals surface area (Å²) in [5.74, 6) is -0.639. The van der Waals surface area contributed by atoms with Crippen LogP contribution in [0.3, 0.4) is 0 Å². The Balaban J connectivity index is 2.09. The van der Waals surface area contributed by atoms with Crippen LogP contribution in [-0.4, -0.2) is 48.4 Å². The average molecular weight is 349 g/mol. The maximum atomic E-state index is 12.5. The highest BCUT2D eigenvalue weighted by molar-refractivity contribution is 5.82. The van der Waals surface area contributed by atoms with Crippen molar-refractivity contribution in [2.24, 2.45) is 5.92 Å². The maximum Gasteiger partial charge on any atom is 0.410 e. The summed E-state index contributed by atoms with van der Waals surface area (Å²) in [6.45, 7) is 8.19. The predicted molar refractivity (Wildman–Crippen MR) is 92.9 cm³/mol. The molecule has 0 N–H and O–H groups in total. The van der Waals surface area contributed by atoms with Crippen molar-refractivity contribution in [2.75, 3.05) is 13.7 Å². The molecule has 1 aromatic rings. The van der Waals surface area contributed by atoms with E-state index in [0.29, 0.717) is 6.54 Å². The minimum atomic E-state index is -0.708. The number of rotatable bonds is 4. The Morgan fingerprint density at radius 1 is 1.20 bits per heavy atom. The molecule has 138 valence electrons. The van der Waals surface area contributed by atoms with Crippen LogP contribution in [0.2, 0.25) is 0 Å². The summed E-state index contributed by atoms with van der Waals surface area (Å²) in [6.07, 6.45) is -0.792. The molecule has 3 atom stereocenters. The zero-order valence-corrected chi connectivity index (χ0v) is 15.5. The van der Waals surface area contributed by atoms with Crippen LogP contribution in [0.4, 0.5) is 4.79 Å². The molecular weight excluding hydrogens is 322 g/mol. The van der Waals surface area contributed by atoms with E-state index in [1.165, 1.54) is 12.0 Å². The number of carbonyl (C=O) groups is 2. The van der Waals surface area contributed by atoms with Crippen molar-refractivity contribution in [1.29, 1.82) is 0 Å². The Labute approximate surface area is 149 Å². The van der Waals surface area contributed by atoms with Crippen molar-refractivity contribution >= 4 is 12.1 Å². The van der Waals surface area contributed by atoms with Crippen molar-refractivity contribution in [3.63, 3.8) is 0 Å². The van der Waals surface area contributed by atoms with Gasteiger partial charge in [0.2, 0.25) is 0 Å². The third kappa shape index (κ3) is 4.95. The van der Waals surface area contributed by atoms with E-state index in [4.69, 9.17) is 14.2 Å². The van der Waals surface area contributed by atoms with E-state index >= 15 is 0 Å². The summed E-state index contributed by atoms with van der Waals surface area (Å²) in [5, 5.41) is 0. The Morgan fingerprint density at radius 3 is 2.40 bits per heavy atom. The molecule has 0 bridgehead atoms. The maximum absolute atomic E-state index is 12.5. The normalized spacial score (nSPS) is 23.4. The zero-order valence-electron chi connectivity index (χ0n) is 15.5. The van der Waals surface area contributed by atoms with Gasteiger partial charge < -0.3 is 14.2 Å². The van der Waals surface area contributed by atoms with Gasteiger partial charge in [0.15, 0.2) is 0 Å². The number of nitrogens with zero attached hydrogens (tertiary/aromatic N) is 1. The van der Waals surface area contributed by atoms with Gasteiger partial charge in [-0.2, -0.15) is 0 Å². The Hall–Kier alpha value is -2.08. The van der Waals surface area contributed by atoms with Gasteiger partial charge in [0, 0.05) is 5.92 Å². The molecule has 0 radical (unpaired) electrons. The van der Waals surface area contributed by atoms with Gasteiger partial charge in [-0.1, -0.05) is 37.3 Å². The van der Waals surface area contributed by atoms with E-state index in [1.807, 2.05) is 58.0 Å². The number of carbonyl (C=O) groups excluding carboxylic acids is 2. The Morgan fingerprint density at radius 2 is 1.84 bits per heavy atom. The molecule has 6 heteroatoms. The first-order chi connectivity index (χ1) is 11.7. The van der Waals surface area contributed by atoms with Crippen LogP contribution < -0.4 is 0 Å².